The summed E-state index contributed by atoms with van der Waals surface area (Å²) in [4.78, 5) is 0. The highest BCUT2D eigenvalue weighted by Gasteiger charge is 2.17. The van der Waals surface area contributed by atoms with Gasteiger partial charge in [-0.05, 0) is 83.9 Å². The zero-order valence-corrected chi connectivity index (χ0v) is 23.3. The largest absolute Gasteiger partial charge is 0.456 e. The van der Waals surface area contributed by atoms with Crippen LogP contribution in [-0.4, -0.2) is 0 Å². The molecular weight excluding hydrogens is 520 g/mol. The minimum absolute atomic E-state index is 0.534. The minimum Gasteiger partial charge on any atom is -0.456 e. The summed E-state index contributed by atoms with van der Waals surface area (Å²) in [5, 5.41) is 9.47. The van der Waals surface area contributed by atoms with Gasteiger partial charge in [0, 0.05) is 10.8 Å². The van der Waals surface area contributed by atoms with Crippen LogP contribution in [-0.2, 0) is 0 Å². The van der Waals surface area contributed by atoms with Crippen molar-refractivity contribution in [2.24, 2.45) is 0 Å². The van der Waals surface area contributed by atoms with Gasteiger partial charge < -0.3 is 4.42 Å². The van der Waals surface area contributed by atoms with Crippen molar-refractivity contribution in [1.29, 1.82) is 0 Å². The quantitative estimate of drug-likeness (QED) is 0.201. The topological polar surface area (TPSA) is 13.1 Å². The van der Waals surface area contributed by atoms with Crippen LogP contribution in [0, 0.1) is 0 Å². The Labute approximate surface area is 250 Å². The Kier molecular flexibility index (Phi) is 5.04. The number of fused-ring (bicyclic) bond motifs is 6. The summed E-state index contributed by atoms with van der Waals surface area (Å²) in [6.45, 7) is 0. The van der Waals surface area contributed by atoms with Crippen LogP contribution in [0.4, 0.5) is 0 Å². The first-order chi connectivity index (χ1) is 21.7. The number of rotatable bonds is 3. The van der Waals surface area contributed by atoms with Gasteiger partial charge in [0.2, 0.25) is 0 Å². The lowest BCUT2D eigenvalue weighted by Gasteiger charge is -2.18. The lowest BCUT2D eigenvalue weighted by Crippen LogP contribution is -1.91. The molecule has 0 fully saturated rings. The Balaban J connectivity index is 1.25. The fourth-order valence-corrected chi connectivity index (χ4v) is 6.86. The number of hydrogen-bond acceptors (Lipinski definition) is 1. The summed E-state index contributed by atoms with van der Waals surface area (Å²) >= 11 is 0. The van der Waals surface area contributed by atoms with E-state index in [2.05, 4.69) is 121 Å². The average molecular weight is 548 g/mol. The molecule has 0 aliphatic rings. The maximum Gasteiger partial charge on any atom is 0.136 e. The SMILES string of the molecule is [2H]c1ccc2cc(-c3c4ccccc4c(-c4ccc(-c5cccc6oc7ccccc7c56)cc4)c4ccccc34)ccc2c1. The summed E-state index contributed by atoms with van der Waals surface area (Å²) < 4.78 is 14.2. The van der Waals surface area contributed by atoms with Crippen LogP contribution in [0.15, 0.2) is 162 Å². The van der Waals surface area contributed by atoms with E-state index >= 15 is 0 Å². The van der Waals surface area contributed by atoms with Gasteiger partial charge >= 0.3 is 0 Å². The highest BCUT2D eigenvalue weighted by atomic mass is 16.3. The van der Waals surface area contributed by atoms with Crippen LogP contribution in [0.3, 0.4) is 0 Å². The van der Waals surface area contributed by atoms with E-state index in [1.165, 1.54) is 54.9 Å². The molecule has 0 N–H and O–H groups in total. The molecule has 43 heavy (non-hydrogen) atoms. The molecule has 9 aromatic rings. The van der Waals surface area contributed by atoms with Crippen molar-refractivity contribution in [2.75, 3.05) is 0 Å². The standard InChI is InChI=1S/C42H26O/c1-2-11-30-26-31(25-20-27(30)10-1)41-35-14-5-3-12-33(35)40(34-13-4-6-15-36(34)41)29-23-21-28(22-24-29)32-17-9-19-39-42(32)37-16-7-8-18-38(37)43-39/h1-26H/i1D. The molecule has 8 aromatic carbocycles. The van der Waals surface area contributed by atoms with Gasteiger partial charge in [0.25, 0.3) is 0 Å². The number of hydrogen-bond donors (Lipinski definition) is 0. The van der Waals surface area contributed by atoms with Crippen LogP contribution >= 0.6 is 0 Å². The molecule has 0 bridgehead atoms. The molecule has 0 saturated heterocycles. The first-order valence-electron chi connectivity index (χ1n) is 15.2. The van der Waals surface area contributed by atoms with Gasteiger partial charge in [0.1, 0.15) is 11.2 Å². The molecule has 0 aliphatic heterocycles. The van der Waals surface area contributed by atoms with E-state index in [1.807, 2.05) is 30.3 Å². The van der Waals surface area contributed by atoms with Crippen LogP contribution in [0.5, 0.6) is 0 Å². The van der Waals surface area contributed by atoms with Gasteiger partial charge in [0.15, 0.2) is 0 Å². The van der Waals surface area contributed by atoms with E-state index in [0.29, 0.717) is 6.04 Å². The molecule has 0 radical (unpaired) electrons. The fourth-order valence-electron chi connectivity index (χ4n) is 6.86. The molecule has 0 atom stereocenters. The van der Waals surface area contributed by atoms with Crippen molar-refractivity contribution in [1.82, 2.24) is 0 Å². The minimum atomic E-state index is 0.534. The van der Waals surface area contributed by atoms with Gasteiger partial charge in [0.05, 0.1) is 1.37 Å². The van der Waals surface area contributed by atoms with Crippen molar-refractivity contribution in [3.05, 3.63) is 158 Å². The molecule has 0 unspecified atom stereocenters. The summed E-state index contributed by atoms with van der Waals surface area (Å²) in [6.07, 6.45) is 0. The fraction of sp³-hybridized carbons (Fsp3) is 0. The van der Waals surface area contributed by atoms with Gasteiger partial charge in [-0.1, -0.05) is 140 Å². The number of furan rings is 1. The lowest BCUT2D eigenvalue weighted by atomic mass is 9.85. The molecule has 1 nitrogen and oxygen atoms in total. The predicted molar refractivity (Wildman–Crippen MR) is 183 cm³/mol. The van der Waals surface area contributed by atoms with E-state index in [1.54, 1.807) is 0 Å². The summed E-state index contributed by atoms with van der Waals surface area (Å²) in [5.74, 6) is 0. The smallest absolute Gasteiger partial charge is 0.136 e. The first kappa shape index (κ1) is 23.0. The molecule has 0 spiro atoms. The Hall–Kier alpha value is -5.66. The maximum absolute atomic E-state index is 8.03. The Morgan fingerprint density at radius 1 is 0.395 bits per heavy atom. The van der Waals surface area contributed by atoms with E-state index in [9.17, 15) is 0 Å². The number of benzene rings is 8. The van der Waals surface area contributed by atoms with Crippen molar-refractivity contribution in [2.45, 2.75) is 0 Å². The highest BCUT2D eigenvalue weighted by molar-refractivity contribution is 6.22. The third kappa shape index (κ3) is 3.72. The van der Waals surface area contributed by atoms with E-state index in [-0.39, 0.29) is 0 Å². The number of para-hydroxylation sites is 1. The third-order valence-electron chi connectivity index (χ3n) is 8.79. The van der Waals surface area contributed by atoms with E-state index < -0.39 is 0 Å². The molecule has 0 aliphatic carbocycles. The van der Waals surface area contributed by atoms with Gasteiger partial charge in [-0.3, -0.25) is 0 Å². The molecule has 1 aromatic heterocycles. The van der Waals surface area contributed by atoms with E-state index in [4.69, 9.17) is 5.79 Å². The lowest BCUT2D eigenvalue weighted by molar-refractivity contribution is 0.669. The second-order valence-electron chi connectivity index (χ2n) is 11.2. The summed E-state index contributed by atoms with van der Waals surface area (Å²) in [5.41, 5.74) is 9.04. The van der Waals surface area contributed by atoms with Gasteiger partial charge in [-0.15, -0.1) is 0 Å². The van der Waals surface area contributed by atoms with Crippen LogP contribution in [0.2, 0.25) is 0 Å². The van der Waals surface area contributed by atoms with Crippen molar-refractivity contribution < 1.29 is 5.79 Å². The van der Waals surface area contributed by atoms with Crippen molar-refractivity contribution >= 4 is 54.3 Å². The molecule has 0 saturated carbocycles. The summed E-state index contributed by atoms with van der Waals surface area (Å²) in [6, 6.07) is 54.1. The van der Waals surface area contributed by atoms with Crippen molar-refractivity contribution in [3.63, 3.8) is 0 Å². The Bertz CT molecular complexity index is 2500. The monoisotopic (exact) mass is 547 g/mol. The van der Waals surface area contributed by atoms with Crippen LogP contribution in [0.1, 0.15) is 1.37 Å². The molecular formula is C42H26O. The third-order valence-corrected chi connectivity index (χ3v) is 8.79. The Morgan fingerprint density at radius 3 is 1.70 bits per heavy atom. The highest BCUT2D eigenvalue weighted by Crippen LogP contribution is 2.45. The summed E-state index contributed by atoms with van der Waals surface area (Å²) in [7, 11) is 0. The molecule has 1 heterocycles. The Morgan fingerprint density at radius 2 is 0.977 bits per heavy atom. The van der Waals surface area contributed by atoms with Crippen LogP contribution < -0.4 is 0 Å². The molecule has 9 rings (SSSR count). The normalized spacial score (nSPS) is 12.0. The zero-order valence-electron chi connectivity index (χ0n) is 24.3. The molecule has 1 heteroatoms. The molecule has 0 amide bonds. The van der Waals surface area contributed by atoms with Gasteiger partial charge in [-0.25, -0.2) is 0 Å². The zero-order chi connectivity index (χ0) is 29.2. The van der Waals surface area contributed by atoms with Crippen LogP contribution in [0.25, 0.3) is 87.6 Å². The second-order valence-corrected chi connectivity index (χ2v) is 11.2. The van der Waals surface area contributed by atoms with Gasteiger partial charge in [-0.2, -0.15) is 0 Å². The molecule has 200 valence electrons. The predicted octanol–water partition coefficient (Wildman–Crippen LogP) is 12.0. The first-order valence-corrected chi connectivity index (χ1v) is 14.7. The van der Waals surface area contributed by atoms with Crippen molar-refractivity contribution in [3.8, 4) is 33.4 Å². The average Bonchev–Trinajstić information content (AvgIpc) is 3.46. The second kappa shape index (κ2) is 9.44. The maximum atomic E-state index is 8.03. The van der Waals surface area contributed by atoms with E-state index in [0.717, 1.165) is 32.7 Å².